The number of rotatable bonds is 6. The third kappa shape index (κ3) is 4.81. The molecule has 0 atom stereocenters. The fourth-order valence-electron chi connectivity index (χ4n) is 2.32. The average molecular weight is 386 g/mol. The second-order valence-corrected chi connectivity index (χ2v) is 5.63. The molecule has 0 unspecified atom stereocenters. The number of amides is 2. The second-order valence-electron chi connectivity index (χ2n) is 5.63. The van der Waals surface area contributed by atoms with Crippen LogP contribution in [0.3, 0.4) is 0 Å². The summed E-state index contributed by atoms with van der Waals surface area (Å²) in [5, 5.41) is 2.05. The van der Waals surface area contributed by atoms with Crippen LogP contribution in [0.4, 0.5) is 27.6 Å². The first-order chi connectivity index (χ1) is 12.7. The molecule has 4 nitrogen and oxygen atoms in total. The molecule has 0 radical (unpaired) electrons. The quantitative estimate of drug-likeness (QED) is 0.605. The molecule has 27 heavy (non-hydrogen) atoms. The van der Waals surface area contributed by atoms with Crippen LogP contribution in [0.2, 0.25) is 0 Å². The number of benzene rings is 2. The molecule has 2 amide bonds. The van der Waals surface area contributed by atoms with Gasteiger partial charge in [0.1, 0.15) is 6.54 Å². The highest BCUT2D eigenvalue weighted by Gasteiger charge is 2.21. The van der Waals surface area contributed by atoms with E-state index in [2.05, 4.69) is 0 Å². The van der Waals surface area contributed by atoms with Crippen LogP contribution in [0.25, 0.3) is 0 Å². The van der Waals surface area contributed by atoms with Crippen LogP contribution in [0.1, 0.15) is 23.7 Å². The molecular formula is C18H15F5N2O2. The maximum Gasteiger partial charge on any atom is 0.254 e. The Bertz CT molecular complexity index is 873. The van der Waals surface area contributed by atoms with Crippen LogP contribution < -0.4 is 5.32 Å². The average Bonchev–Trinajstić information content (AvgIpc) is 2.63. The van der Waals surface area contributed by atoms with Gasteiger partial charge in [0.15, 0.2) is 29.1 Å². The van der Waals surface area contributed by atoms with Crippen molar-refractivity contribution < 1.29 is 31.5 Å². The first kappa shape index (κ1) is 20.3. The topological polar surface area (TPSA) is 49.4 Å². The molecule has 9 heteroatoms. The number of halogens is 5. The molecule has 2 aromatic carbocycles. The standard InChI is InChI=1S/C18H15F5N2O2/c1-2-7-25(18(27)10-3-4-11(19)13(21)8-10)9-15(26)24-14-6-5-12(20)16(22)17(14)23/h3-6,8H,2,7,9H2,1H3,(H,24,26). The van der Waals surface area contributed by atoms with Gasteiger partial charge in [0, 0.05) is 12.1 Å². The Labute approximate surface area is 151 Å². The monoisotopic (exact) mass is 386 g/mol. The van der Waals surface area contributed by atoms with Gasteiger partial charge in [-0.3, -0.25) is 9.59 Å². The van der Waals surface area contributed by atoms with Crippen LogP contribution in [0.15, 0.2) is 30.3 Å². The molecule has 0 heterocycles. The fourth-order valence-corrected chi connectivity index (χ4v) is 2.32. The number of carbonyl (C=O) groups is 2. The molecular weight excluding hydrogens is 371 g/mol. The lowest BCUT2D eigenvalue weighted by atomic mass is 10.1. The Morgan fingerprint density at radius 2 is 1.59 bits per heavy atom. The van der Waals surface area contributed by atoms with E-state index in [1.807, 2.05) is 5.32 Å². The molecule has 144 valence electrons. The highest BCUT2D eigenvalue weighted by molar-refractivity contribution is 5.99. The summed E-state index contributed by atoms with van der Waals surface area (Å²) in [5.74, 6) is -8.67. The molecule has 0 saturated carbocycles. The van der Waals surface area contributed by atoms with Gasteiger partial charge in [-0.25, -0.2) is 22.0 Å². The van der Waals surface area contributed by atoms with Crippen molar-refractivity contribution in [2.75, 3.05) is 18.4 Å². The highest BCUT2D eigenvalue weighted by atomic mass is 19.2. The number of nitrogens with one attached hydrogen (secondary N) is 1. The van der Waals surface area contributed by atoms with E-state index in [9.17, 15) is 31.5 Å². The molecule has 0 aliphatic heterocycles. The van der Waals surface area contributed by atoms with Crippen LogP contribution in [0, 0.1) is 29.1 Å². The molecule has 1 N–H and O–H groups in total. The normalized spacial score (nSPS) is 10.6. The molecule has 0 aliphatic rings. The Kier molecular flexibility index (Phi) is 6.49. The summed E-state index contributed by atoms with van der Waals surface area (Å²) in [7, 11) is 0. The minimum absolute atomic E-state index is 0.103. The maximum absolute atomic E-state index is 13.6. The lowest BCUT2D eigenvalue weighted by Crippen LogP contribution is -2.38. The van der Waals surface area contributed by atoms with Crippen molar-refractivity contribution in [2.24, 2.45) is 0 Å². The van der Waals surface area contributed by atoms with Gasteiger partial charge in [-0.1, -0.05) is 6.92 Å². The van der Waals surface area contributed by atoms with Crippen LogP contribution >= 0.6 is 0 Å². The summed E-state index contributed by atoms with van der Waals surface area (Å²) in [6.07, 6.45) is 0.447. The van der Waals surface area contributed by atoms with Gasteiger partial charge in [-0.05, 0) is 36.8 Å². The Balaban J connectivity index is 2.15. The summed E-state index contributed by atoms with van der Waals surface area (Å²) < 4.78 is 66.1. The highest BCUT2D eigenvalue weighted by Crippen LogP contribution is 2.19. The maximum atomic E-state index is 13.6. The molecule has 0 fully saturated rings. The first-order valence-electron chi connectivity index (χ1n) is 7.92. The lowest BCUT2D eigenvalue weighted by Gasteiger charge is -2.22. The van der Waals surface area contributed by atoms with E-state index in [4.69, 9.17) is 0 Å². The summed E-state index contributed by atoms with van der Waals surface area (Å²) in [6, 6.07) is 4.03. The van der Waals surface area contributed by atoms with Gasteiger partial charge in [0.25, 0.3) is 5.91 Å². The number of anilines is 1. The van der Waals surface area contributed by atoms with Gasteiger partial charge in [0.05, 0.1) is 5.69 Å². The lowest BCUT2D eigenvalue weighted by molar-refractivity contribution is -0.116. The zero-order valence-corrected chi connectivity index (χ0v) is 14.2. The van der Waals surface area contributed by atoms with Crippen LogP contribution in [-0.4, -0.2) is 29.8 Å². The molecule has 0 spiro atoms. The number of nitrogens with zero attached hydrogens (tertiary/aromatic N) is 1. The van der Waals surface area contributed by atoms with Gasteiger partial charge in [-0.15, -0.1) is 0 Å². The van der Waals surface area contributed by atoms with Crippen molar-refractivity contribution in [3.8, 4) is 0 Å². The predicted molar refractivity (Wildman–Crippen MR) is 87.5 cm³/mol. The fraction of sp³-hybridized carbons (Fsp3) is 0.222. The summed E-state index contributed by atoms with van der Waals surface area (Å²) in [6.45, 7) is 1.27. The van der Waals surface area contributed by atoms with Gasteiger partial charge < -0.3 is 10.2 Å². The first-order valence-corrected chi connectivity index (χ1v) is 7.92. The number of hydrogen-bond acceptors (Lipinski definition) is 2. The smallest absolute Gasteiger partial charge is 0.254 e. The summed E-state index contributed by atoms with van der Waals surface area (Å²) in [5.41, 5.74) is -0.759. The molecule has 2 rings (SSSR count). The third-order valence-corrected chi connectivity index (χ3v) is 3.59. The largest absolute Gasteiger partial charge is 0.329 e. The SMILES string of the molecule is CCCN(CC(=O)Nc1ccc(F)c(F)c1F)C(=O)c1ccc(F)c(F)c1. The number of hydrogen-bond donors (Lipinski definition) is 1. The van der Waals surface area contributed by atoms with E-state index < -0.39 is 53.1 Å². The van der Waals surface area contributed by atoms with E-state index in [1.165, 1.54) is 0 Å². The van der Waals surface area contributed by atoms with Gasteiger partial charge in [0.2, 0.25) is 5.91 Å². The van der Waals surface area contributed by atoms with Gasteiger partial charge >= 0.3 is 0 Å². The minimum Gasteiger partial charge on any atom is -0.329 e. The Hall–Kier alpha value is -2.97. The van der Waals surface area contributed by atoms with E-state index in [-0.39, 0.29) is 12.1 Å². The van der Waals surface area contributed by atoms with Crippen LogP contribution in [0.5, 0.6) is 0 Å². The van der Waals surface area contributed by atoms with E-state index in [0.29, 0.717) is 18.6 Å². The van der Waals surface area contributed by atoms with E-state index in [0.717, 1.165) is 23.1 Å². The zero-order chi connectivity index (χ0) is 20.1. The molecule has 0 saturated heterocycles. The van der Waals surface area contributed by atoms with E-state index >= 15 is 0 Å². The third-order valence-electron chi connectivity index (χ3n) is 3.59. The van der Waals surface area contributed by atoms with Crippen molar-refractivity contribution in [2.45, 2.75) is 13.3 Å². The van der Waals surface area contributed by atoms with Crippen molar-refractivity contribution in [3.63, 3.8) is 0 Å². The predicted octanol–water partition coefficient (Wildman–Crippen LogP) is 3.87. The Morgan fingerprint density at radius 3 is 2.22 bits per heavy atom. The van der Waals surface area contributed by atoms with Crippen molar-refractivity contribution in [1.82, 2.24) is 4.90 Å². The molecule has 0 bridgehead atoms. The molecule has 0 aromatic heterocycles. The van der Waals surface area contributed by atoms with E-state index in [1.54, 1.807) is 6.92 Å². The molecule has 0 aliphatic carbocycles. The minimum atomic E-state index is -1.74. The number of carbonyl (C=O) groups excluding carboxylic acids is 2. The summed E-state index contributed by atoms with van der Waals surface area (Å²) >= 11 is 0. The second kappa shape index (κ2) is 8.61. The van der Waals surface area contributed by atoms with Crippen LogP contribution in [-0.2, 0) is 4.79 Å². The summed E-state index contributed by atoms with van der Waals surface area (Å²) in [4.78, 5) is 25.5. The van der Waals surface area contributed by atoms with Gasteiger partial charge in [-0.2, -0.15) is 0 Å². The molecule has 2 aromatic rings. The van der Waals surface area contributed by atoms with Crippen molar-refractivity contribution in [1.29, 1.82) is 0 Å². The Morgan fingerprint density at radius 1 is 0.926 bits per heavy atom. The van der Waals surface area contributed by atoms with Crippen molar-refractivity contribution >= 4 is 17.5 Å². The van der Waals surface area contributed by atoms with Crippen molar-refractivity contribution in [3.05, 3.63) is 65.0 Å². The zero-order valence-electron chi connectivity index (χ0n) is 14.2.